The van der Waals surface area contributed by atoms with Gasteiger partial charge >= 0.3 is 5.97 Å². The predicted octanol–water partition coefficient (Wildman–Crippen LogP) is 1.59. The lowest BCUT2D eigenvalue weighted by molar-refractivity contribution is -0.152. The van der Waals surface area contributed by atoms with Gasteiger partial charge in [0.2, 0.25) is 0 Å². The van der Waals surface area contributed by atoms with Crippen molar-refractivity contribution in [2.75, 3.05) is 13.1 Å². The van der Waals surface area contributed by atoms with E-state index in [1.807, 2.05) is 6.92 Å². The van der Waals surface area contributed by atoms with Crippen molar-refractivity contribution in [2.24, 2.45) is 5.41 Å². The van der Waals surface area contributed by atoms with Gasteiger partial charge in [0.1, 0.15) is 0 Å². The maximum atomic E-state index is 12.2. The Hall–Kier alpha value is -0.660. The summed E-state index contributed by atoms with van der Waals surface area (Å²) in [6.45, 7) is 7.83. The Morgan fingerprint density at radius 2 is 1.80 bits per heavy atom. The van der Waals surface area contributed by atoms with E-state index < -0.39 is 27.1 Å². The summed E-state index contributed by atoms with van der Waals surface area (Å²) in [5.41, 5.74) is -1.30. The fourth-order valence-corrected chi connectivity index (χ4v) is 4.22. The first-order chi connectivity index (χ1) is 9.02. The number of nitrogens with one attached hydrogen (secondary N) is 1. The molecule has 0 radical (unpaired) electrons. The third-order valence-electron chi connectivity index (χ3n) is 3.64. The molecule has 1 aliphatic heterocycles. The summed E-state index contributed by atoms with van der Waals surface area (Å²) in [5.74, 6) is -0.805. The first-order valence-corrected chi connectivity index (χ1v) is 8.49. The van der Waals surface area contributed by atoms with E-state index in [9.17, 15) is 18.3 Å². The van der Waals surface area contributed by atoms with Gasteiger partial charge in [-0.1, -0.05) is 13.3 Å². The number of rotatable bonds is 5. The average molecular weight is 306 g/mol. The average Bonchev–Trinajstić information content (AvgIpc) is 2.26. The largest absolute Gasteiger partial charge is 0.481 e. The fraction of sp³-hybridized carbons (Fsp3) is 0.923. The number of carboxylic acid groups (broad SMARTS) is 1. The van der Waals surface area contributed by atoms with Crippen LogP contribution >= 0.6 is 0 Å². The first-order valence-electron chi connectivity index (χ1n) is 7.05. The molecule has 1 saturated heterocycles. The van der Waals surface area contributed by atoms with Gasteiger partial charge in [-0.15, -0.1) is 0 Å². The molecule has 1 aliphatic rings. The number of piperidine rings is 1. The Morgan fingerprint density at radius 3 is 2.15 bits per heavy atom. The van der Waals surface area contributed by atoms with Crippen LogP contribution in [0.25, 0.3) is 0 Å². The lowest BCUT2D eigenvalue weighted by Crippen LogP contribution is -2.53. The molecule has 0 aromatic heterocycles. The van der Waals surface area contributed by atoms with Gasteiger partial charge in [0.05, 0.1) is 5.41 Å². The Balaban J connectivity index is 2.77. The SMILES string of the molecule is CCCC1(C(=O)O)CCN(S(=O)(=O)NC(C)(C)C)CC1. The van der Waals surface area contributed by atoms with Crippen LogP contribution in [0.4, 0.5) is 0 Å². The van der Waals surface area contributed by atoms with Crippen LogP contribution in [-0.4, -0.2) is 42.4 Å². The number of nitrogens with zero attached hydrogens (tertiary/aromatic N) is 1. The van der Waals surface area contributed by atoms with Crippen molar-refractivity contribution in [1.82, 2.24) is 9.03 Å². The third-order valence-corrected chi connectivity index (χ3v) is 5.55. The van der Waals surface area contributed by atoms with Gasteiger partial charge in [0.25, 0.3) is 10.2 Å². The van der Waals surface area contributed by atoms with Crippen molar-refractivity contribution >= 4 is 16.2 Å². The minimum Gasteiger partial charge on any atom is -0.481 e. The molecule has 0 atom stereocenters. The van der Waals surface area contributed by atoms with E-state index in [0.717, 1.165) is 6.42 Å². The highest BCUT2D eigenvalue weighted by atomic mass is 32.2. The molecule has 1 rings (SSSR count). The van der Waals surface area contributed by atoms with Crippen LogP contribution in [0.2, 0.25) is 0 Å². The molecule has 2 N–H and O–H groups in total. The lowest BCUT2D eigenvalue weighted by Gasteiger charge is -2.39. The van der Waals surface area contributed by atoms with Gasteiger partial charge in [0, 0.05) is 18.6 Å². The van der Waals surface area contributed by atoms with Gasteiger partial charge in [0.15, 0.2) is 0 Å². The Morgan fingerprint density at radius 1 is 1.30 bits per heavy atom. The number of aliphatic carboxylic acids is 1. The molecule has 0 unspecified atom stereocenters. The second-order valence-electron chi connectivity index (χ2n) is 6.59. The van der Waals surface area contributed by atoms with E-state index in [-0.39, 0.29) is 13.1 Å². The zero-order valence-electron chi connectivity index (χ0n) is 12.8. The third kappa shape index (κ3) is 4.17. The quantitative estimate of drug-likeness (QED) is 0.807. The zero-order chi connectivity index (χ0) is 15.6. The van der Waals surface area contributed by atoms with Crippen LogP contribution < -0.4 is 4.72 Å². The summed E-state index contributed by atoms with van der Waals surface area (Å²) in [5, 5.41) is 9.41. The summed E-state index contributed by atoms with van der Waals surface area (Å²) in [6.07, 6.45) is 2.14. The molecule has 118 valence electrons. The minimum atomic E-state index is -3.54. The number of carboxylic acids is 1. The van der Waals surface area contributed by atoms with Crippen molar-refractivity contribution in [3.05, 3.63) is 0 Å². The van der Waals surface area contributed by atoms with E-state index in [0.29, 0.717) is 19.3 Å². The molecule has 7 heteroatoms. The van der Waals surface area contributed by atoms with Crippen LogP contribution in [0.15, 0.2) is 0 Å². The number of hydrogen-bond acceptors (Lipinski definition) is 3. The van der Waals surface area contributed by atoms with Gasteiger partial charge in [-0.2, -0.15) is 17.4 Å². The first kappa shape index (κ1) is 17.4. The molecule has 0 bridgehead atoms. The van der Waals surface area contributed by atoms with Crippen molar-refractivity contribution in [1.29, 1.82) is 0 Å². The molecule has 1 heterocycles. The molecule has 0 aromatic carbocycles. The molecule has 0 aliphatic carbocycles. The van der Waals surface area contributed by atoms with Crippen molar-refractivity contribution in [3.8, 4) is 0 Å². The zero-order valence-corrected chi connectivity index (χ0v) is 13.6. The molecule has 0 aromatic rings. The smallest absolute Gasteiger partial charge is 0.309 e. The maximum absolute atomic E-state index is 12.2. The molecule has 1 fully saturated rings. The van der Waals surface area contributed by atoms with Crippen LogP contribution in [0.3, 0.4) is 0 Å². The van der Waals surface area contributed by atoms with E-state index in [1.54, 1.807) is 20.8 Å². The highest BCUT2D eigenvalue weighted by Crippen LogP contribution is 2.37. The summed E-state index contributed by atoms with van der Waals surface area (Å²) in [6, 6.07) is 0. The van der Waals surface area contributed by atoms with Gasteiger partial charge in [-0.25, -0.2) is 0 Å². The van der Waals surface area contributed by atoms with Crippen LogP contribution in [0.1, 0.15) is 53.4 Å². The molecular formula is C13H26N2O4S. The lowest BCUT2D eigenvalue weighted by atomic mass is 9.75. The normalized spacial score (nSPS) is 20.8. The predicted molar refractivity (Wildman–Crippen MR) is 77.6 cm³/mol. The summed E-state index contributed by atoms with van der Waals surface area (Å²) >= 11 is 0. The van der Waals surface area contributed by atoms with Gasteiger partial charge < -0.3 is 5.11 Å². The van der Waals surface area contributed by atoms with Crippen LogP contribution in [0.5, 0.6) is 0 Å². The summed E-state index contributed by atoms with van der Waals surface area (Å²) < 4.78 is 28.4. The van der Waals surface area contributed by atoms with Crippen molar-refractivity contribution in [2.45, 2.75) is 58.9 Å². The summed E-state index contributed by atoms with van der Waals surface area (Å²) in [4.78, 5) is 11.5. The molecule has 0 spiro atoms. The minimum absolute atomic E-state index is 0.262. The van der Waals surface area contributed by atoms with E-state index >= 15 is 0 Å². The number of carbonyl (C=O) groups is 1. The highest BCUT2D eigenvalue weighted by Gasteiger charge is 2.43. The molecule has 0 saturated carbocycles. The second kappa shape index (κ2) is 5.99. The molecular weight excluding hydrogens is 280 g/mol. The monoisotopic (exact) mass is 306 g/mol. The van der Waals surface area contributed by atoms with Crippen molar-refractivity contribution in [3.63, 3.8) is 0 Å². The topological polar surface area (TPSA) is 86.7 Å². The standard InChI is InChI=1S/C13H26N2O4S/c1-5-6-13(11(16)17)7-9-15(10-8-13)20(18,19)14-12(2,3)4/h14H,5-10H2,1-4H3,(H,16,17). The Bertz CT molecular complexity index is 445. The second-order valence-corrected chi connectivity index (χ2v) is 8.26. The molecule has 6 nitrogen and oxygen atoms in total. The van der Waals surface area contributed by atoms with Gasteiger partial charge in [-0.05, 0) is 40.0 Å². The maximum Gasteiger partial charge on any atom is 0.309 e. The van der Waals surface area contributed by atoms with Gasteiger partial charge in [-0.3, -0.25) is 4.79 Å². The van der Waals surface area contributed by atoms with Crippen molar-refractivity contribution < 1.29 is 18.3 Å². The van der Waals surface area contributed by atoms with E-state index in [4.69, 9.17) is 0 Å². The number of hydrogen-bond donors (Lipinski definition) is 2. The van der Waals surface area contributed by atoms with Crippen LogP contribution in [-0.2, 0) is 15.0 Å². The van der Waals surface area contributed by atoms with E-state index in [2.05, 4.69) is 4.72 Å². The summed E-state index contributed by atoms with van der Waals surface area (Å²) in [7, 11) is -3.54. The molecule has 20 heavy (non-hydrogen) atoms. The molecule has 0 amide bonds. The Kier molecular flexibility index (Phi) is 5.21. The fourth-order valence-electron chi connectivity index (χ4n) is 2.66. The Labute approximate surface area is 121 Å². The van der Waals surface area contributed by atoms with Crippen LogP contribution in [0, 0.1) is 5.41 Å². The van der Waals surface area contributed by atoms with E-state index in [1.165, 1.54) is 4.31 Å². The highest BCUT2D eigenvalue weighted by molar-refractivity contribution is 7.87.